The predicted molar refractivity (Wildman–Crippen MR) is 51.7 cm³/mol. The Labute approximate surface area is 75.3 Å². The lowest BCUT2D eigenvalue weighted by Gasteiger charge is -2.00. The molecular weight excluding hydrogens is 202 g/mol. The topological polar surface area (TPSA) is 12.9 Å². The first-order valence-corrected chi connectivity index (χ1v) is 4.62. The van der Waals surface area contributed by atoms with Crippen LogP contribution >= 0.6 is 15.9 Å². The molecule has 0 atom stereocenters. The minimum atomic E-state index is 0.947. The number of hydrogen-bond acceptors (Lipinski definition) is 1. The third kappa shape index (κ3) is 2.46. The first-order valence-electron chi connectivity index (χ1n) is 3.49. The van der Waals surface area contributed by atoms with Gasteiger partial charge in [-0.15, -0.1) is 0 Å². The maximum Gasteiger partial charge on any atom is 0.0655 e. The van der Waals surface area contributed by atoms with Crippen molar-refractivity contribution in [2.45, 2.75) is 6.42 Å². The quantitative estimate of drug-likeness (QED) is 0.702. The first-order chi connectivity index (χ1) is 5.34. The van der Waals surface area contributed by atoms with Crippen LogP contribution in [0.5, 0.6) is 0 Å². The molecule has 0 unspecified atom stereocenters. The van der Waals surface area contributed by atoms with Crippen LogP contribution in [-0.4, -0.2) is 10.3 Å². The zero-order chi connectivity index (χ0) is 8.10. The van der Waals surface area contributed by atoms with Crippen molar-refractivity contribution in [3.8, 4) is 0 Å². The Balaban J connectivity index is 2.69. The molecule has 0 aliphatic carbocycles. The molecule has 0 radical (unpaired) electrons. The van der Waals surface area contributed by atoms with Gasteiger partial charge in [0.1, 0.15) is 0 Å². The van der Waals surface area contributed by atoms with Crippen LogP contribution in [0.4, 0.5) is 0 Å². The number of alkyl halides is 1. The van der Waals surface area contributed by atoms with Crippen LogP contribution in [0, 0.1) is 0 Å². The van der Waals surface area contributed by atoms with E-state index < -0.39 is 0 Å². The highest BCUT2D eigenvalue weighted by molar-refractivity contribution is 9.09. The zero-order valence-corrected chi connectivity index (χ0v) is 7.84. The third-order valence-corrected chi connectivity index (χ3v) is 1.82. The summed E-state index contributed by atoms with van der Waals surface area (Å²) in [6.07, 6.45) is 2.74. The molecule has 0 N–H and O–H groups in total. The minimum absolute atomic E-state index is 0.947. The van der Waals surface area contributed by atoms with E-state index in [0.717, 1.165) is 23.0 Å². The fraction of sp³-hybridized carbons (Fsp3) is 0.222. The average molecular weight is 212 g/mol. The number of hydrogen-bond donors (Lipinski definition) is 0. The van der Waals surface area contributed by atoms with Crippen LogP contribution < -0.4 is 0 Å². The number of rotatable bonds is 3. The molecule has 0 aromatic carbocycles. The average Bonchev–Trinajstić information content (AvgIpc) is 2.07. The molecule has 0 amide bonds. The summed E-state index contributed by atoms with van der Waals surface area (Å²) >= 11 is 3.36. The first kappa shape index (κ1) is 8.47. The summed E-state index contributed by atoms with van der Waals surface area (Å²) in [7, 11) is 0. The Bertz CT molecular complexity index is 231. The molecule has 1 rings (SSSR count). The summed E-state index contributed by atoms with van der Waals surface area (Å²) in [6.45, 7) is 3.92. The lowest BCUT2D eigenvalue weighted by molar-refractivity contribution is 1.20. The van der Waals surface area contributed by atoms with Crippen molar-refractivity contribution >= 4 is 21.5 Å². The molecule has 1 heterocycles. The molecule has 0 bridgehead atoms. The molecular formula is C9H10BrN. The van der Waals surface area contributed by atoms with Crippen molar-refractivity contribution in [1.29, 1.82) is 0 Å². The number of allylic oxidation sites excluding steroid dienone is 1. The summed E-state index contributed by atoms with van der Waals surface area (Å²) in [5, 5.41) is 0.947. The van der Waals surface area contributed by atoms with Gasteiger partial charge >= 0.3 is 0 Å². The van der Waals surface area contributed by atoms with Crippen molar-refractivity contribution in [2.75, 3.05) is 5.33 Å². The maximum absolute atomic E-state index is 4.18. The fourth-order valence-corrected chi connectivity index (χ4v) is 1.29. The second-order valence-electron chi connectivity index (χ2n) is 2.26. The van der Waals surface area contributed by atoms with Gasteiger partial charge < -0.3 is 0 Å². The molecule has 0 saturated carbocycles. The fourth-order valence-electron chi connectivity index (χ4n) is 0.814. The largest absolute Gasteiger partial charge is 0.257 e. The van der Waals surface area contributed by atoms with Crippen LogP contribution in [0.2, 0.25) is 0 Å². The summed E-state index contributed by atoms with van der Waals surface area (Å²) in [4.78, 5) is 4.18. The van der Waals surface area contributed by atoms with Crippen molar-refractivity contribution in [2.24, 2.45) is 0 Å². The van der Waals surface area contributed by atoms with Crippen molar-refractivity contribution < 1.29 is 0 Å². The van der Waals surface area contributed by atoms with Gasteiger partial charge in [-0.25, -0.2) is 0 Å². The van der Waals surface area contributed by atoms with Gasteiger partial charge in [-0.2, -0.15) is 0 Å². The maximum atomic E-state index is 4.18. The van der Waals surface area contributed by atoms with Gasteiger partial charge in [0.15, 0.2) is 0 Å². The highest BCUT2D eigenvalue weighted by Gasteiger charge is 1.96. The summed E-state index contributed by atoms with van der Waals surface area (Å²) in [5.74, 6) is 0. The van der Waals surface area contributed by atoms with Gasteiger partial charge in [-0.05, 0) is 24.1 Å². The molecule has 0 saturated heterocycles. The molecule has 2 heteroatoms. The second-order valence-corrected chi connectivity index (χ2v) is 3.05. The molecule has 1 aromatic rings. The van der Waals surface area contributed by atoms with Gasteiger partial charge in [0, 0.05) is 11.5 Å². The highest BCUT2D eigenvalue weighted by Crippen LogP contribution is 2.13. The molecule has 0 aliphatic heterocycles. The molecule has 58 valence electrons. The lowest BCUT2D eigenvalue weighted by atomic mass is 10.1. The number of aromatic nitrogens is 1. The van der Waals surface area contributed by atoms with Crippen LogP contribution in [0.3, 0.4) is 0 Å². The Morgan fingerprint density at radius 1 is 1.55 bits per heavy atom. The number of halogens is 1. The zero-order valence-electron chi connectivity index (χ0n) is 6.26. The van der Waals surface area contributed by atoms with Crippen molar-refractivity contribution in [1.82, 2.24) is 4.98 Å². The van der Waals surface area contributed by atoms with Gasteiger partial charge in [-0.3, -0.25) is 4.98 Å². The monoisotopic (exact) mass is 211 g/mol. The summed E-state index contributed by atoms with van der Waals surface area (Å²) < 4.78 is 0. The van der Waals surface area contributed by atoms with E-state index in [2.05, 4.69) is 27.5 Å². The second kappa shape index (κ2) is 4.29. The van der Waals surface area contributed by atoms with E-state index in [-0.39, 0.29) is 0 Å². The minimum Gasteiger partial charge on any atom is -0.257 e. The number of pyridine rings is 1. The third-order valence-electron chi connectivity index (χ3n) is 1.42. The lowest BCUT2D eigenvalue weighted by Crippen LogP contribution is -1.86. The summed E-state index contributed by atoms with van der Waals surface area (Å²) in [5.41, 5.74) is 2.08. The Hall–Kier alpha value is -0.630. The van der Waals surface area contributed by atoms with Crippen LogP contribution in [0.25, 0.3) is 5.57 Å². The normalized spacial score (nSPS) is 9.55. The molecule has 0 spiro atoms. The van der Waals surface area contributed by atoms with E-state index in [9.17, 15) is 0 Å². The van der Waals surface area contributed by atoms with Crippen molar-refractivity contribution in [3.05, 3.63) is 36.7 Å². The SMILES string of the molecule is C=C(CCBr)c1ccccn1. The standard InChI is InChI=1S/C9H10BrN/c1-8(5-6-10)9-4-2-3-7-11-9/h2-4,7H,1,5-6H2. The van der Waals surface area contributed by atoms with E-state index in [1.165, 1.54) is 0 Å². The Morgan fingerprint density at radius 2 is 2.36 bits per heavy atom. The smallest absolute Gasteiger partial charge is 0.0655 e. The van der Waals surface area contributed by atoms with Crippen molar-refractivity contribution in [3.63, 3.8) is 0 Å². The highest BCUT2D eigenvalue weighted by atomic mass is 79.9. The summed E-state index contributed by atoms with van der Waals surface area (Å²) in [6, 6.07) is 5.86. The molecule has 11 heavy (non-hydrogen) atoms. The predicted octanol–water partition coefficient (Wildman–Crippen LogP) is 2.88. The van der Waals surface area contributed by atoms with Gasteiger partial charge in [0.25, 0.3) is 0 Å². The van der Waals surface area contributed by atoms with E-state index in [1.807, 2.05) is 18.2 Å². The molecule has 0 fully saturated rings. The van der Waals surface area contributed by atoms with Crippen LogP contribution in [0.15, 0.2) is 31.0 Å². The molecule has 0 aliphatic rings. The van der Waals surface area contributed by atoms with Crippen LogP contribution in [-0.2, 0) is 0 Å². The molecule has 1 aromatic heterocycles. The van der Waals surface area contributed by atoms with E-state index in [0.29, 0.717) is 0 Å². The Morgan fingerprint density at radius 3 is 2.91 bits per heavy atom. The van der Waals surface area contributed by atoms with E-state index >= 15 is 0 Å². The van der Waals surface area contributed by atoms with E-state index in [4.69, 9.17) is 0 Å². The van der Waals surface area contributed by atoms with Gasteiger partial charge in [0.05, 0.1) is 5.69 Å². The molecule has 1 nitrogen and oxygen atoms in total. The number of nitrogens with zero attached hydrogens (tertiary/aromatic N) is 1. The van der Waals surface area contributed by atoms with Crippen LogP contribution in [0.1, 0.15) is 12.1 Å². The van der Waals surface area contributed by atoms with E-state index in [1.54, 1.807) is 6.20 Å². The van der Waals surface area contributed by atoms with Gasteiger partial charge in [0.2, 0.25) is 0 Å². The Kier molecular flexibility index (Phi) is 3.30. The van der Waals surface area contributed by atoms with Gasteiger partial charge in [-0.1, -0.05) is 28.6 Å².